The lowest BCUT2D eigenvalue weighted by Crippen LogP contribution is -2.39. The van der Waals surface area contributed by atoms with E-state index in [9.17, 15) is 4.79 Å². The second-order valence-electron chi connectivity index (χ2n) is 10.6. The number of hydrogen-bond acceptors (Lipinski definition) is 8. The van der Waals surface area contributed by atoms with Crippen LogP contribution >= 0.6 is 11.3 Å². The summed E-state index contributed by atoms with van der Waals surface area (Å²) in [4.78, 5) is 20.5. The van der Waals surface area contributed by atoms with Gasteiger partial charge in [-0.25, -0.2) is 4.68 Å². The van der Waals surface area contributed by atoms with E-state index < -0.39 is 6.04 Å². The molecule has 0 bridgehead atoms. The van der Waals surface area contributed by atoms with E-state index in [-0.39, 0.29) is 17.7 Å². The Labute approximate surface area is 232 Å². The molecule has 1 saturated heterocycles. The van der Waals surface area contributed by atoms with Gasteiger partial charge in [0.1, 0.15) is 11.8 Å². The Morgan fingerprint density at radius 1 is 1.18 bits per heavy atom. The highest BCUT2D eigenvalue weighted by molar-refractivity contribution is 7.09. The van der Waals surface area contributed by atoms with Crippen LogP contribution in [0.4, 0.5) is 0 Å². The summed E-state index contributed by atoms with van der Waals surface area (Å²) in [5.41, 5.74) is 1.29. The predicted molar refractivity (Wildman–Crippen MR) is 151 cm³/mol. The number of H-pyrrole nitrogens is 1. The highest BCUT2D eigenvalue weighted by Gasteiger charge is 2.35. The molecular formula is C29H36N6O3S. The van der Waals surface area contributed by atoms with Gasteiger partial charge in [0, 0.05) is 41.0 Å². The fraction of sp³-hybridized carbons (Fsp3) is 0.517. The van der Waals surface area contributed by atoms with E-state index in [2.05, 4.69) is 42.9 Å². The molecule has 1 saturated carbocycles. The predicted octanol–water partition coefficient (Wildman–Crippen LogP) is 5.25. The SMILES string of the molecule is CCOc1ccc2[nH]c(=O)c(C(c3nnnn3C3CCCCC3)N(Cc3cccs3)CC3CCCO3)cc2c1. The molecule has 4 aromatic rings. The molecule has 206 valence electrons. The van der Waals surface area contributed by atoms with Crippen molar-refractivity contribution in [1.29, 1.82) is 0 Å². The number of aromatic amines is 1. The number of fused-ring (bicyclic) bond motifs is 1. The normalized spacial score (nSPS) is 19.2. The number of nitrogens with zero attached hydrogens (tertiary/aromatic N) is 5. The van der Waals surface area contributed by atoms with Gasteiger partial charge in [0.15, 0.2) is 5.82 Å². The molecule has 2 atom stereocenters. The van der Waals surface area contributed by atoms with Gasteiger partial charge < -0.3 is 14.5 Å². The second-order valence-corrected chi connectivity index (χ2v) is 11.6. The number of tetrazole rings is 1. The maximum Gasteiger partial charge on any atom is 0.253 e. The van der Waals surface area contributed by atoms with Crippen molar-refractivity contribution < 1.29 is 9.47 Å². The molecule has 6 rings (SSSR count). The number of benzene rings is 1. The lowest BCUT2D eigenvalue weighted by Gasteiger charge is -2.33. The first-order valence-electron chi connectivity index (χ1n) is 14.1. The Bertz CT molecular complexity index is 1420. The molecule has 4 heterocycles. The number of thiophene rings is 1. The van der Waals surface area contributed by atoms with Gasteiger partial charge in [-0.1, -0.05) is 25.3 Å². The molecule has 1 aliphatic carbocycles. The van der Waals surface area contributed by atoms with Gasteiger partial charge in [0.05, 0.1) is 18.8 Å². The van der Waals surface area contributed by atoms with Crippen molar-refractivity contribution in [2.45, 2.75) is 76.6 Å². The van der Waals surface area contributed by atoms with Crippen LogP contribution in [0.1, 0.15) is 80.2 Å². The third-order valence-electron chi connectivity index (χ3n) is 7.90. The molecule has 10 heteroatoms. The molecule has 0 spiro atoms. The summed E-state index contributed by atoms with van der Waals surface area (Å²) in [7, 11) is 0. The zero-order chi connectivity index (χ0) is 26.6. The van der Waals surface area contributed by atoms with Crippen LogP contribution in [0.2, 0.25) is 0 Å². The van der Waals surface area contributed by atoms with Gasteiger partial charge in [-0.3, -0.25) is 9.69 Å². The van der Waals surface area contributed by atoms with Crippen LogP contribution in [0.25, 0.3) is 10.9 Å². The van der Waals surface area contributed by atoms with E-state index in [1.807, 2.05) is 35.9 Å². The molecule has 3 aromatic heterocycles. The van der Waals surface area contributed by atoms with Gasteiger partial charge in [-0.2, -0.15) is 0 Å². The number of rotatable bonds is 10. The Morgan fingerprint density at radius 3 is 2.85 bits per heavy atom. The Balaban J connectivity index is 1.49. The molecule has 2 unspecified atom stereocenters. The summed E-state index contributed by atoms with van der Waals surface area (Å²) in [5.74, 6) is 1.50. The maximum absolute atomic E-state index is 13.8. The van der Waals surface area contributed by atoms with Crippen molar-refractivity contribution >= 4 is 22.2 Å². The van der Waals surface area contributed by atoms with Gasteiger partial charge >= 0.3 is 0 Å². The van der Waals surface area contributed by atoms with E-state index >= 15 is 0 Å². The molecular weight excluding hydrogens is 512 g/mol. The van der Waals surface area contributed by atoms with Crippen LogP contribution < -0.4 is 10.3 Å². The van der Waals surface area contributed by atoms with Crippen LogP contribution in [-0.2, 0) is 11.3 Å². The molecule has 1 aliphatic heterocycles. The summed E-state index contributed by atoms with van der Waals surface area (Å²) in [6.45, 7) is 4.69. The fourth-order valence-electron chi connectivity index (χ4n) is 6.04. The molecule has 39 heavy (non-hydrogen) atoms. The van der Waals surface area contributed by atoms with Crippen LogP contribution in [0.3, 0.4) is 0 Å². The van der Waals surface area contributed by atoms with E-state index in [1.54, 1.807) is 11.3 Å². The highest BCUT2D eigenvalue weighted by Crippen LogP contribution is 2.35. The minimum atomic E-state index is -0.433. The smallest absolute Gasteiger partial charge is 0.253 e. The average Bonchev–Trinajstić information content (AvgIpc) is 3.74. The zero-order valence-electron chi connectivity index (χ0n) is 22.4. The van der Waals surface area contributed by atoms with Crippen molar-refractivity contribution in [2.24, 2.45) is 0 Å². The third-order valence-corrected chi connectivity index (χ3v) is 8.76. The summed E-state index contributed by atoms with van der Waals surface area (Å²) in [6, 6.07) is 11.8. The first-order valence-corrected chi connectivity index (χ1v) is 15.0. The highest BCUT2D eigenvalue weighted by atomic mass is 32.1. The molecule has 9 nitrogen and oxygen atoms in total. The third kappa shape index (κ3) is 5.78. The van der Waals surface area contributed by atoms with Crippen LogP contribution in [0, 0.1) is 0 Å². The van der Waals surface area contributed by atoms with Crippen LogP contribution in [0.15, 0.2) is 46.6 Å². The minimum Gasteiger partial charge on any atom is -0.494 e. The molecule has 0 amide bonds. The number of pyridine rings is 1. The Hall–Kier alpha value is -3.08. The lowest BCUT2D eigenvalue weighted by molar-refractivity contribution is 0.0571. The van der Waals surface area contributed by atoms with Crippen molar-refractivity contribution in [3.8, 4) is 5.75 Å². The largest absolute Gasteiger partial charge is 0.494 e. The zero-order valence-corrected chi connectivity index (χ0v) is 23.2. The molecule has 1 aromatic carbocycles. The van der Waals surface area contributed by atoms with Crippen LogP contribution in [0.5, 0.6) is 5.75 Å². The number of hydrogen-bond donors (Lipinski definition) is 1. The maximum atomic E-state index is 13.8. The quantitative estimate of drug-likeness (QED) is 0.289. The first kappa shape index (κ1) is 26.2. The average molecular weight is 549 g/mol. The number of ether oxygens (including phenoxy) is 2. The van der Waals surface area contributed by atoms with Crippen molar-refractivity contribution in [3.63, 3.8) is 0 Å². The monoisotopic (exact) mass is 548 g/mol. The molecule has 2 fully saturated rings. The first-order chi connectivity index (χ1) is 19.2. The number of aromatic nitrogens is 5. The van der Waals surface area contributed by atoms with Crippen molar-refractivity contribution in [3.05, 3.63) is 68.4 Å². The van der Waals surface area contributed by atoms with Gasteiger partial charge in [-0.15, -0.1) is 16.4 Å². The Kier molecular flexibility index (Phi) is 8.03. The van der Waals surface area contributed by atoms with Gasteiger partial charge in [0.25, 0.3) is 5.56 Å². The van der Waals surface area contributed by atoms with Crippen LogP contribution in [-0.4, -0.2) is 56.0 Å². The fourth-order valence-corrected chi connectivity index (χ4v) is 6.77. The Morgan fingerprint density at radius 2 is 2.08 bits per heavy atom. The molecule has 2 aliphatic rings. The number of nitrogens with one attached hydrogen (secondary N) is 1. The lowest BCUT2D eigenvalue weighted by atomic mass is 9.95. The van der Waals surface area contributed by atoms with E-state index in [0.29, 0.717) is 25.3 Å². The van der Waals surface area contributed by atoms with Gasteiger partial charge in [0.2, 0.25) is 0 Å². The minimum absolute atomic E-state index is 0.107. The van der Waals surface area contributed by atoms with Crippen molar-refractivity contribution in [2.75, 3.05) is 19.8 Å². The molecule has 0 radical (unpaired) electrons. The summed E-state index contributed by atoms with van der Waals surface area (Å²) < 4.78 is 13.9. The summed E-state index contributed by atoms with van der Waals surface area (Å²) >= 11 is 1.72. The van der Waals surface area contributed by atoms with Crippen molar-refractivity contribution in [1.82, 2.24) is 30.1 Å². The summed E-state index contributed by atoms with van der Waals surface area (Å²) in [5, 5.41) is 16.3. The second kappa shape index (κ2) is 12.0. The van der Waals surface area contributed by atoms with Gasteiger partial charge in [-0.05, 0) is 78.7 Å². The van der Waals surface area contributed by atoms with E-state index in [4.69, 9.17) is 9.47 Å². The summed E-state index contributed by atoms with van der Waals surface area (Å²) in [6.07, 6.45) is 7.84. The topological polar surface area (TPSA) is 98.2 Å². The van der Waals surface area contributed by atoms with E-state index in [1.165, 1.54) is 24.1 Å². The standard InChI is InChI=1S/C29H36N6O3S/c1-2-37-22-12-13-26-20(16-22)17-25(29(36)30-26)27(28-31-32-33-35(28)21-8-4-3-5-9-21)34(18-23-10-6-14-38-23)19-24-11-7-15-39-24/h7,11-13,15-17,21,23,27H,2-6,8-10,14,18-19H2,1H3,(H,30,36). The molecule has 1 N–H and O–H groups in total. The van der Waals surface area contributed by atoms with E-state index in [0.717, 1.165) is 54.8 Å².